The summed E-state index contributed by atoms with van der Waals surface area (Å²) in [4.78, 5) is 17.9. The maximum Gasteiger partial charge on any atom is 0.352 e. The molecule has 3 aromatic rings. The van der Waals surface area contributed by atoms with Gasteiger partial charge >= 0.3 is 5.97 Å². The molecule has 29 heavy (non-hydrogen) atoms. The van der Waals surface area contributed by atoms with Crippen LogP contribution in [0.2, 0.25) is 0 Å². The van der Waals surface area contributed by atoms with Gasteiger partial charge < -0.3 is 9.47 Å². The highest BCUT2D eigenvalue weighted by atomic mass is 32.1. The van der Waals surface area contributed by atoms with Crippen molar-refractivity contribution in [3.8, 4) is 22.5 Å². The summed E-state index contributed by atoms with van der Waals surface area (Å²) in [6.45, 7) is 5.28. The number of pyridine rings is 1. The molecule has 0 fully saturated rings. The minimum Gasteiger partial charge on any atom is -0.458 e. The van der Waals surface area contributed by atoms with Gasteiger partial charge in [0.15, 0.2) is 0 Å². The summed E-state index contributed by atoms with van der Waals surface area (Å²) in [7, 11) is 0. The van der Waals surface area contributed by atoms with E-state index in [1.54, 1.807) is 13.0 Å². The number of nitrogens with zero attached hydrogens (tertiary/aromatic N) is 2. The summed E-state index contributed by atoms with van der Waals surface area (Å²) in [5.41, 5.74) is 1.89. The molecule has 3 rings (SSSR count). The topological polar surface area (TPSA) is 72.2 Å². The Labute approximate surface area is 171 Å². The van der Waals surface area contributed by atoms with Crippen LogP contribution in [0.3, 0.4) is 0 Å². The molecule has 0 aliphatic rings. The van der Waals surface area contributed by atoms with Crippen LogP contribution in [0.4, 0.5) is 4.39 Å². The van der Waals surface area contributed by atoms with Crippen molar-refractivity contribution in [3.63, 3.8) is 0 Å². The molecule has 2 aromatic heterocycles. The summed E-state index contributed by atoms with van der Waals surface area (Å²) >= 11 is 1.50. The molecule has 1 unspecified atom stereocenters. The lowest BCUT2D eigenvalue weighted by Crippen LogP contribution is -2.22. The van der Waals surface area contributed by atoms with E-state index in [1.807, 2.05) is 17.5 Å². The fraction of sp³-hybridized carbons (Fsp3) is 0.136. The van der Waals surface area contributed by atoms with Crippen LogP contribution < -0.4 is 4.74 Å². The van der Waals surface area contributed by atoms with Crippen molar-refractivity contribution in [2.75, 3.05) is 6.61 Å². The minimum atomic E-state index is -1.21. The lowest BCUT2D eigenvalue weighted by Gasteiger charge is -2.19. The SMILES string of the molecule is C=CCOC(=O)C(Oc1nc(-c2cccs2)cc(C)c1C#N)c1ccc(F)cc1. The molecule has 0 aliphatic carbocycles. The van der Waals surface area contributed by atoms with E-state index >= 15 is 0 Å². The van der Waals surface area contributed by atoms with Gasteiger partial charge in [0.2, 0.25) is 12.0 Å². The van der Waals surface area contributed by atoms with Crippen molar-refractivity contribution in [1.82, 2.24) is 4.98 Å². The number of nitriles is 1. The number of carbonyl (C=O) groups excluding carboxylic acids is 1. The van der Waals surface area contributed by atoms with Gasteiger partial charge in [-0.3, -0.25) is 0 Å². The first-order chi connectivity index (χ1) is 14.0. The number of aryl methyl sites for hydroxylation is 1. The van der Waals surface area contributed by atoms with Crippen LogP contribution in [0, 0.1) is 24.1 Å². The van der Waals surface area contributed by atoms with Crippen LogP contribution in [0.15, 0.2) is 60.5 Å². The van der Waals surface area contributed by atoms with E-state index in [2.05, 4.69) is 17.6 Å². The van der Waals surface area contributed by atoms with Gasteiger partial charge in [0.05, 0.1) is 10.6 Å². The fourth-order valence-electron chi connectivity index (χ4n) is 2.63. The summed E-state index contributed by atoms with van der Waals surface area (Å²) in [6.07, 6.45) is 0.216. The summed E-state index contributed by atoms with van der Waals surface area (Å²) in [5.74, 6) is -1.12. The Morgan fingerprint density at radius 3 is 2.76 bits per heavy atom. The predicted molar refractivity (Wildman–Crippen MR) is 108 cm³/mol. The van der Waals surface area contributed by atoms with E-state index in [1.165, 1.54) is 41.7 Å². The molecule has 1 aromatic carbocycles. The third-order valence-corrected chi connectivity index (χ3v) is 4.92. The molecule has 146 valence electrons. The standard InChI is InChI=1S/C22H17FN2O3S/c1-3-10-27-22(26)20(15-6-8-16(23)9-7-15)28-21-17(13-24)14(2)12-18(25-21)19-5-4-11-29-19/h3-9,11-12,20H,1,10H2,2H3. The molecule has 0 bridgehead atoms. The number of aromatic nitrogens is 1. The Hall–Kier alpha value is -3.50. The van der Waals surface area contributed by atoms with Gasteiger partial charge in [-0.15, -0.1) is 11.3 Å². The third-order valence-electron chi connectivity index (χ3n) is 4.03. The zero-order valence-electron chi connectivity index (χ0n) is 15.6. The van der Waals surface area contributed by atoms with Gasteiger partial charge in [0, 0.05) is 5.56 Å². The monoisotopic (exact) mass is 408 g/mol. The summed E-state index contributed by atoms with van der Waals surface area (Å²) < 4.78 is 24.4. The maximum atomic E-state index is 13.3. The van der Waals surface area contributed by atoms with Crippen LogP contribution in [-0.2, 0) is 9.53 Å². The number of thiophene rings is 1. The quantitative estimate of drug-likeness (QED) is 0.407. The average molecular weight is 408 g/mol. The van der Waals surface area contributed by atoms with Gasteiger partial charge in [0.1, 0.15) is 24.1 Å². The Bertz CT molecular complexity index is 1060. The molecule has 0 aliphatic heterocycles. The first-order valence-corrected chi connectivity index (χ1v) is 9.56. The Balaban J connectivity index is 2.04. The number of hydrogen-bond donors (Lipinski definition) is 0. The molecule has 2 heterocycles. The van der Waals surface area contributed by atoms with Crippen molar-refractivity contribution in [2.45, 2.75) is 13.0 Å². The Morgan fingerprint density at radius 2 is 2.14 bits per heavy atom. The molecular formula is C22H17FN2O3S. The Morgan fingerprint density at radius 1 is 1.38 bits per heavy atom. The first kappa shape index (κ1) is 20.2. The van der Waals surface area contributed by atoms with E-state index in [0.717, 1.165) is 4.88 Å². The molecule has 0 saturated carbocycles. The molecule has 0 N–H and O–H groups in total. The second-order valence-electron chi connectivity index (χ2n) is 6.06. The van der Waals surface area contributed by atoms with Crippen LogP contribution in [-0.4, -0.2) is 17.6 Å². The zero-order chi connectivity index (χ0) is 20.8. The third kappa shape index (κ3) is 4.68. The van der Waals surface area contributed by atoms with Crippen molar-refractivity contribution in [2.24, 2.45) is 0 Å². The maximum absolute atomic E-state index is 13.3. The fourth-order valence-corrected chi connectivity index (χ4v) is 3.32. The number of esters is 1. The number of benzene rings is 1. The van der Waals surface area contributed by atoms with E-state index in [9.17, 15) is 14.4 Å². The highest BCUT2D eigenvalue weighted by molar-refractivity contribution is 7.13. The summed E-state index contributed by atoms with van der Waals surface area (Å²) in [6, 6.07) is 13.0. The number of ether oxygens (including phenoxy) is 2. The molecule has 5 nitrogen and oxygen atoms in total. The molecular weight excluding hydrogens is 391 g/mol. The molecule has 0 radical (unpaired) electrons. The van der Waals surface area contributed by atoms with E-state index in [-0.39, 0.29) is 18.1 Å². The molecule has 7 heteroatoms. The van der Waals surface area contributed by atoms with Gasteiger partial charge in [-0.1, -0.05) is 30.9 Å². The first-order valence-electron chi connectivity index (χ1n) is 8.68. The molecule has 0 saturated heterocycles. The van der Waals surface area contributed by atoms with Crippen LogP contribution in [0.25, 0.3) is 10.6 Å². The lowest BCUT2D eigenvalue weighted by atomic mass is 10.1. The van der Waals surface area contributed by atoms with Crippen molar-refractivity contribution >= 4 is 17.3 Å². The zero-order valence-corrected chi connectivity index (χ0v) is 16.4. The van der Waals surface area contributed by atoms with Gasteiger partial charge in [0.25, 0.3) is 0 Å². The van der Waals surface area contributed by atoms with Crippen molar-refractivity contribution < 1.29 is 18.7 Å². The largest absolute Gasteiger partial charge is 0.458 e. The molecule has 0 spiro atoms. The van der Waals surface area contributed by atoms with Crippen molar-refractivity contribution in [1.29, 1.82) is 5.26 Å². The van der Waals surface area contributed by atoms with Crippen LogP contribution in [0.1, 0.15) is 22.8 Å². The van der Waals surface area contributed by atoms with Crippen LogP contribution in [0.5, 0.6) is 5.88 Å². The minimum absolute atomic E-state index is 0.00726. The lowest BCUT2D eigenvalue weighted by molar-refractivity contribution is -0.151. The highest BCUT2D eigenvalue weighted by Crippen LogP contribution is 2.32. The van der Waals surface area contributed by atoms with E-state index in [0.29, 0.717) is 16.8 Å². The number of carbonyl (C=O) groups is 1. The van der Waals surface area contributed by atoms with E-state index < -0.39 is 17.9 Å². The second-order valence-corrected chi connectivity index (χ2v) is 7.01. The van der Waals surface area contributed by atoms with Crippen LogP contribution >= 0.6 is 11.3 Å². The number of hydrogen-bond acceptors (Lipinski definition) is 6. The average Bonchev–Trinajstić information content (AvgIpc) is 3.25. The summed E-state index contributed by atoms with van der Waals surface area (Å²) in [5, 5.41) is 11.5. The predicted octanol–water partition coefficient (Wildman–Crippen LogP) is 4.98. The second kappa shape index (κ2) is 9.13. The molecule has 1 atom stereocenters. The van der Waals surface area contributed by atoms with Gasteiger partial charge in [-0.2, -0.15) is 5.26 Å². The normalized spacial score (nSPS) is 11.3. The van der Waals surface area contributed by atoms with Crippen molar-refractivity contribution in [3.05, 3.63) is 83.0 Å². The smallest absolute Gasteiger partial charge is 0.352 e. The Kier molecular flexibility index (Phi) is 6.37. The number of halogens is 1. The van der Waals surface area contributed by atoms with E-state index in [4.69, 9.17) is 9.47 Å². The highest BCUT2D eigenvalue weighted by Gasteiger charge is 2.27. The number of rotatable bonds is 7. The molecule has 0 amide bonds. The van der Waals surface area contributed by atoms with Gasteiger partial charge in [-0.05, 0) is 42.1 Å². The van der Waals surface area contributed by atoms with Gasteiger partial charge in [-0.25, -0.2) is 14.2 Å².